The van der Waals surface area contributed by atoms with Crippen LogP contribution in [0.3, 0.4) is 0 Å². The maximum Gasteiger partial charge on any atom is 0.255 e. The summed E-state index contributed by atoms with van der Waals surface area (Å²) < 4.78 is 0. The van der Waals surface area contributed by atoms with Crippen LogP contribution in [0.4, 0.5) is 0 Å². The number of benzene rings is 1. The van der Waals surface area contributed by atoms with E-state index in [-0.39, 0.29) is 5.91 Å². The normalized spacial score (nSPS) is 10.6. The van der Waals surface area contributed by atoms with Crippen molar-refractivity contribution in [2.24, 2.45) is 0 Å². The van der Waals surface area contributed by atoms with Gasteiger partial charge in [-0.2, -0.15) is 0 Å². The van der Waals surface area contributed by atoms with Gasteiger partial charge in [-0.15, -0.1) is 0 Å². The minimum Gasteiger partial charge on any atom is -0.339 e. The van der Waals surface area contributed by atoms with E-state index in [0.717, 1.165) is 10.9 Å². The van der Waals surface area contributed by atoms with E-state index in [1.54, 1.807) is 17.2 Å². The topological polar surface area (TPSA) is 33.2 Å². The highest BCUT2D eigenvalue weighted by atomic mass is 35.5. The van der Waals surface area contributed by atoms with Crippen molar-refractivity contribution in [3.8, 4) is 0 Å². The third-order valence-corrected chi connectivity index (χ3v) is 3.18. The van der Waals surface area contributed by atoms with E-state index in [1.807, 2.05) is 32.0 Å². The van der Waals surface area contributed by atoms with E-state index >= 15 is 0 Å². The summed E-state index contributed by atoms with van der Waals surface area (Å²) in [4.78, 5) is 18.2. The molecule has 1 aromatic carbocycles. The Kier molecular flexibility index (Phi) is 3.82. The van der Waals surface area contributed by atoms with Gasteiger partial charge in [-0.05, 0) is 38.1 Å². The first kappa shape index (κ1) is 12.8. The van der Waals surface area contributed by atoms with Crippen LogP contribution in [0.5, 0.6) is 0 Å². The van der Waals surface area contributed by atoms with Gasteiger partial charge in [-0.3, -0.25) is 9.78 Å². The first-order valence-electron chi connectivity index (χ1n) is 6.00. The fraction of sp³-hybridized carbons (Fsp3) is 0.286. The average Bonchev–Trinajstić information content (AvgIpc) is 2.39. The van der Waals surface area contributed by atoms with Gasteiger partial charge < -0.3 is 4.90 Å². The van der Waals surface area contributed by atoms with Crippen molar-refractivity contribution in [2.45, 2.75) is 13.8 Å². The third-order valence-electron chi connectivity index (χ3n) is 2.94. The number of fused-ring (bicyclic) bond motifs is 1. The Hall–Kier alpha value is -1.61. The summed E-state index contributed by atoms with van der Waals surface area (Å²) in [7, 11) is 0. The van der Waals surface area contributed by atoms with Crippen LogP contribution in [0.15, 0.2) is 30.5 Å². The number of hydrogen-bond acceptors (Lipinski definition) is 2. The van der Waals surface area contributed by atoms with Crippen LogP contribution in [-0.2, 0) is 0 Å². The standard InChI is InChI=1S/C14H15ClN2O/c1-3-17(4-2)14(18)11-7-10-8-12(15)5-6-13(10)16-9-11/h5-9H,3-4H2,1-2H3. The minimum absolute atomic E-state index is 0.00868. The van der Waals surface area contributed by atoms with Gasteiger partial charge in [-0.25, -0.2) is 0 Å². The maximum atomic E-state index is 12.2. The van der Waals surface area contributed by atoms with E-state index < -0.39 is 0 Å². The lowest BCUT2D eigenvalue weighted by Crippen LogP contribution is -2.30. The summed E-state index contributed by atoms with van der Waals surface area (Å²) in [6.45, 7) is 5.32. The van der Waals surface area contributed by atoms with E-state index in [4.69, 9.17) is 11.6 Å². The van der Waals surface area contributed by atoms with E-state index in [9.17, 15) is 4.79 Å². The van der Waals surface area contributed by atoms with Crippen molar-refractivity contribution >= 4 is 28.4 Å². The maximum absolute atomic E-state index is 12.2. The molecule has 94 valence electrons. The van der Waals surface area contributed by atoms with E-state index in [2.05, 4.69) is 4.98 Å². The Morgan fingerprint density at radius 1 is 1.28 bits per heavy atom. The van der Waals surface area contributed by atoms with Gasteiger partial charge in [0.1, 0.15) is 0 Å². The Bertz CT molecular complexity index is 579. The molecule has 2 aromatic rings. The van der Waals surface area contributed by atoms with Crippen LogP contribution < -0.4 is 0 Å². The Balaban J connectivity index is 2.43. The molecule has 1 heterocycles. The van der Waals surface area contributed by atoms with E-state index in [1.165, 1.54) is 0 Å². The number of pyridine rings is 1. The van der Waals surface area contributed by atoms with Crippen LogP contribution in [0, 0.1) is 0 Å². The summed E-state index contributed by atoms with van der Waals surface area (Å²) >= 11 is 5.94. The molecule has 0 saturated heterocycles. The van der Waals surface area contributed by atoms with Gasteiger partial charge >= 0.3 is 0 Å². The Labute approximate surface area is 111 Å². The largest absolute Gasteiger partial charge is 0.339 e. The number of amides is 1. The molecule has 2 rings (SSSR count). The molecule has 0 atom stereocenters. The molecule has 0 N–H and O–H groups in total. The van der Waals surface area contributed by atoms with Crippen molar-refractivity contribution in [2.75, 3.05) is 13.1 Å². The van der Waals surface area contributed by atoms with Gasteiger partial charge in [0.2, 0.25) is 0 Å². The van der Waals surface area contributed by atoms with Crippen LogP contribution in [-0.4, -0.2) is 28.9 Å². The number of aromatic nitrogens is 1. The second kappa shape index (κ2) is 5.36. The van der Waals surface area contributed by atoms with Crippen molar-refractivity contribution in [3.63, 3.8) is 0 Å². The lowest BCUT2D eigenvalue weighted by Gasteiger charge is -2.18. The first-order chi connectivity index (χ1) is 8.65. The summed E-state index contributed by atoms with van der Waals surface area (Å²) in [5.74, 6) is 0.00868. The molecule has 0 aliphatic rings. The zero-order valence-corrected chi connectivity index (χ0v) is 11.2. The zero-order valence-electron chi connectivity index (χ0n) is 10.5. The van der Waals surface area contributed by atoms with Gasteiger partial charge in [-0.1, -0.05) is 11.6 Å². The number of hydrogen-bond donors (Lipinski definition) is 0. The number of rotatable bonds is 3. The monoisotopic (exact) mass is 262 g/mol. The molecule has 1 amide bonds. The highest BCUT2D eigenvalue weighted by Gasteiger charge is 2.13. The molecule has 0 fully saturated rings. The number of carbonyl (C=O) groups excluding carboxylic acids is 1. The van der Waals surface area contributed by atoms with Gasteiger partial charge in [0.05, 0.1) is 11.1 Å². The van der Waals surface area contributed by atoms with Crippen LogP contribution >= 0.6 is 11.6 Å². The molecular weight excluding hydrogens is 248 g/mol. The average molecular weight is 263 g/mol. The Morgan fingerprint density at radius 3 is 2.67 bits per heavy atom. The molecule has 4 heteroatoms. The number of carbonyl (C=O) groups is 1. The second-order valence-corrected chi connectivity index (χ2v) is 4.47. The van der Waals surface area contributed by atoms with Crippen LogP contribution in [0.1, 0.15) is 24.2 Å². The van der Waals surface area contributed by atoms with Crippen LogP contribution in [0.25, 0.3) is 10.9 Å². The fourth-order valence-electron chi connectivity index (χ4n) is 1.91. The highest BCUT2D eigenvalue weighted by molar-refractivity contribution is 6.31. The predicted octanol–water partition coefficient (Wildman–Crippen LogP) is 3.37. The smallest absolute Gasteiger partial charge is 0.255 e. The SMILES string of the molecule is CCN(CC)C(=O)c1cnc2ccc(Cl)cc2c1. The van der Waals surface area contributed by atoms with Gasteiger partial charge in [0.15, 0.2) is 0 Å². The fourth-order valence-corrected chi connectivity index (χ4v) is 2.09. The molecule has 0 bridgehead atoms. The Morgan fingerprint density at radius 2 is 2.00 bits per heavy atom. The van der Waals surface area contributed by atoms with E-state index in [0.29, 0.717) is 23.7 Å². The van der Waals surface area contributed by atoms with Crippen molar-refractivity contribution < 1.29 is 4.79 Å². The molecule has 0 unspecified atom stereocenters. The van der Waals surface area contributed by atoms with Gasteiger partial charge in [0, 0.05) is 29.7 Å². The molecule has 0 aliphatic carbocycles. The summed E-state index contributed by atoms with van der Waals surface area (Å²) in [5, 5.41) is 1.54. The molecule has 18 heavy (non-hydrogen) atoms. The number of nitrogens with zero attached hydrogens (tertiary/aromatic N) is 2. The summed E-state index contributed by atoms with van der Waals surface area (Å²) in [5.41, 5.74) is 1.45. The van der Waals surface area contributed by atoms with Crippen molar-refractivity contribution in [1.29, 1.82) is 0 Å². The zero-order chi connectivity index (χ0) is 13.1. The van der Waals surface area contributed by atoms with Gasteiger partial charge in [0.25, 0.3) is 5.91 Å². The predicted molar refractivity (Wildman–Crippen MR) is 74.0 cm³/mol. The van der Waals surface area contributed by atoms with Crippen molar-refractivity contribution in [3.05, 3.63) is 41.0 Å². The van der Waals surface area contributed by atoms with Crippen LogP contribution in [0.2, 0.25) is 5.02 Å². The lowest BCUT2D eigenvalue weighted by atomic mass is 10.1. The molecule has 0 radical (unpaired) electrons. The molecule has 0 aliphatic heterocycles. The molecule has 0 saturated carbocycles. The molecular formula is C14H15ClN2O. The molecule has 3 nitrogen and oxygen atoms in total. The first-order valence-corrected chi connectivity index (χ1v) is 6.38. The third kappa shape index (κ3) is 2.46. The van der Waals surface area contributed by atoms with Crippen molar-refractivity contribution in [1.82, 2.24) is 9.88 Å². The summed E-state index contributed by atoms with van der Waals surface area (Å²) in [6, 6.07) is 7.31. The second-order valence-electron chi connectivity index (χ2n) is 4.04. The minimum atomic E-state index is 0.00868. The lowest BCUT2D eigenvalue weighted by molar-refractivity contribution is 0.0773. The molecule has 0 spiro atoms. The number of halogens is 1. The summed E-state index contributed by atoms with van der Waals surface area (Å²) in [6.07, 6.45) is 1.62. The highest BCUT2D eigenvalue weighted by Crippen LogP contribution is 2.19. The quantitative estimate of drug-likeness (QED) is 0.850. The molecule has 1 aromatic heterocycles.